The molecule has 0 bridgehead atoms. The average Bonchev–Trinajstić information content (AvgIpc) is 2.64. The van der Waals surface area contributed by atoms with Gasteiger partial charge in [-0.3, -0.25) is 0 Å². The molecule has 94 valence electrons. The van der Waals surface area contributed by atoms with Gasteiger partial charge in [-0.05, 0) is 18.6 Å². The number of nitrogens with zero attached hydrogens (tertiary/aromatic N) is 1. The number of nitrogens with two attached hydrogens (primary N) is 1. The molecule has 7 heteroatoms. The quantitative estimate of drug-likeness (QED) is 0.903. The molecule has 0 aliphatic carbocycles. The summed E-state index contributed by atoms with van der Waals surface area (Å²) in [5.74, 6) is 0. The molecule has 0 saturated carbocycles. The maximum absolute atomic E-state index is 12.3. The van der Waals surface area contributed by atoms with Crippen molar-refractivity contribution in [2.24, 2.45) is 5.73 Å². The molecule has 1 fully saturated rings. The first kappa shape index (κ1) is 13.1. The van der Waals surface area contributed by atoms with Gasteiger partial charge in [-0.15, -0.1) is 0 Å². The van der Waals surface area contributed by atoms with Gasteiger partial charge in [0.15, 0.2) is 0 Å². The van der Waals surface area contributed by atoms with Gasteiger partial charge in [-0.2, -0.15) is 4.31 Å². The van der Waals surface area contributed by atoms with Gasteiger partial charge in [0.25, 0.3) is 0 Å². The predicted molar refractivity (Wildman–Crippen MR) is 67.8 cm³/mol. The molecular formula is C10H12Cl2N2O2S. The Labute approximate surface area is 110 Å². The first-order chi connectivity index (χ1) is 7.93. The van der Waals surface area contributed by atoms with Crippen LogP contribution in [0.5, 0.6) is 0 Å². The number of hydrogen-bond acceptors (Lipinski definition) is 3. The Morgan fingerprint density at radius 2 is 1.88 bits per heavy atom. The summed E-state index contributed by atoms with van der Waals surface area (Å²) in [5, 5.41) is 0.274. The highest BCUT2D eigenvalue weighted by atomic mass is 35.5. The van der Waals surface area contributed by atoms with Gasteiger partial charge in [0.2, 0.25) is 10.0 Å². The molecule has 17 heavy (non-hydrogen) atoms. The molecule has 0 radical (unpaired) electrons. The van der Waals surface area contributed by atoms with Crippen LogP contribution in [0.25, 0.3) is 0 Å². The van der Waals surface area contributed by atoms with Crippen LogP contribution in [0, 0.1) is 0 Å². The number of rotatable bonds is 2. The van der Waals surface area contributed by atoms with E-state index in [1.807, 2.05) is 0 Å². The summed E-state index contributed by atoms with van der Waals surface area (Å²) in [5.41, 5.74) is 5.70. The van der Waals surface area contributed by atoms with Crippen LogP contribution in [-0.2, 0) is 10.0 Å². The minimum atomic E-state index is -3.64. The first-order valence-corrected chi connectivity index (χ1v) is 7.32. The molecule has 0 spiro atoms. The monoisotopic (exact) mass is 294 g/mol. The summed E-state index contributed by atoms with van der Waals surface area (Å²) >= 11 is 11.8. The molecule has 2 N–H and O–H groups in total. The van der Waals surface area contributed by atoms with E-state index >= 15 is 0 Å². The smallest absolute Gasteiger partial charge is 0.246 e. The molecule has 0 aromatic heterocycles. The maximum atomic E-state index is 12.3. The molecule has 1 aliphatic rings. The van der Waals surface area contributed by atoms with Crippen LogP contribution in [0.1, 0.15) is 6.42 Å². The van der Waals surface area contributed by atoms with Gasteiger partial charge in [-0.1, -0.05) is 29.3 Å². The molecule has 1 atom stereocenters. The third kappa shape index (κ3) is 2.44. The van der Waals surface area contributed by atoms with Crippen molar-refractivity contribution in [2.45, 2.75) is 17.4 Å². The van der Waals surface area contributed by atoms with E-state index in [-0.39, 0.29) is 21.0 Å². The third-order valence-corrected chi connectivity index (χ3v) is 5.53. The van der Waals surface area contributed by atoms with E-state index < -0.39 is 10.0 Å². The summed E-state index contributed by atoms with van der Waals surface area (Å²) in [7, 11) is -3.64. The molecule has 1 aromatic carbocycles. The number of benzene rings is 1. The van der Waals surface area contributed by atoms with Gasteiger partial charge in [-0.25, -0.2) is 8.42 Å². The summed E-state index contributed by atoms with van der Waals surface area (Å²) in [4.78, 5) is -0.0302. The largest absolute Gasteiger partial charge is 0.326 e. The summed E-state index contributed by atoms with van der Waals surface area (Å²) in [6.07, 6.45) is 0.654. The molecule has 1 heterocycles. The number of sulfonamides is 1. The predicted octanol–water partition coefficient (Wildman–Crippen LogP) is 1.72. The normalized spacial score (nSPS) is 21.9. The van der Waals surface area contributed by atoms with Crippen LogP contribution < -0.4 is 5.73 Å². The zero-order valence-electron chi connectivity index (χ0n) is 8.94. The van der Waals surface area contributed by atoms with Crippen LogP contribution in [0.15, 0.2) is 23.1 Å². The minimum Gasteiger partial charge on any atom is -0.326 e. The van der Waals surface area contributed by atoms with Crippen molar-refractivity contribution >= 4 is 33.2 Å². The van der Waals surface area contributed by atoms with E-state index in [0.717, 1.165) is 0 Å². The van der Waals surface area contributed by atoms with Gasteiger partial charge in [0.1, 0.15) is 4.90 Å². The van der Waals surface area contributed by atoms with Crippen molar-refractivity contribution in [1.29, 1.82) is 0 Å². The molecule has 1 unspecified atom stereocenters. The van der Waals surface area contributed by atoms with Crippen LogP contribution in [-0.4, -0.2) is 31.9 Å². The fraction of sp³-hybridized carbons (Fsp3) is 0.400. The summed E-state index contributed by atoms with van der Waals surface area (Å²) in [6.45, 7) is 0.717. The van der Waals surface area contributed by atoms with E-state index in [9.17, 15) is 8.42 Å². The van der Waals surface area contributed by atoms with E-state index in [2.05, 4.69) is 0 Å². The molecule has 1 aliphatic heterocycles. The fourth-order valence-electron chi connectivity index (χ4n) is 1.83. The zero-order valence-corrected chi connectivity index (χ0v) is 11.3. The SMILES string of the molecule is NC1CCN(S(=O)(=O)c2c(Cl)cccc2Cl)C1. The lowest BCUT2D eigenvalue weighted by Crippen LogP contribution is -2.32. The lowest BCUT2D eigenvalue weighted by Gasteiger charge is -2.17. The van der Waals surface area contributed by atoms with Crippen molar-refractivity contribution in [3.63, 3.8) is 0 Å². The van der Waals surface area contributed by atoms with Crippen LogP contribution in [0.4, 0.5) is 0 Å². The lowest BCUT2D eigenvalue weighted by molar-refractivity contribution is 0.472. The van der Waals surface area contributed by atoms with E-state index in [1.54, 1.807) is 6.07 Å². The Hall–Kier alpha value is -0.330. The van der Waals surface area contributed by atoms with Gasteiger partial charge in [0.05, 0.1) is 10.0 Å². The maximum Gasteiger partial charge on any atom is 0.246 e. The Bertz CT molecular complexity index is 513. The fourth-order valence-corrected chi connectivity index (χ4v) is 4.43. The molecule has 4 nitrogen and oxygen atoms in total. The average molecular weight is 295 g/mol. The van der Waals surface area contributed by atoms with Crippen LogP contribution >= 0.6 is 23.2 Å². The second kappa shape index (κ2) is 4.74. The number of hydrogen-bond donors (Lipinski definition) is 1. The highest BCUT2D eigenvalue weighted by molar-refractivity contribution is 7.89. The third-order valence-electron chi connectivity index (χ3n) is 2.70. The Balaban J connectivity index is 2.45. The van der Waals surface area contributed by atoms with Gasteiger partial charge >= 0.3 is 0 Å². The van der Waals surface area contributed by atoms with Crippen LogP contribution in [0.3, 0.4) is 0 Å². The van der Waals surface area contributed by atoms with Crippen molar-refractivity contribution in [3.8, 4) is 0 Å². The zero-order chi connectivity index (χ0) is 12.6. The molecule has 0 amide bonds. The second-order valence-corrected chi connectivity index (χ2v) is 6.65. The topological polar surface area (TPSA) is 63.4 Å². The first-order valence-electron chi connectivity index (χ1n) is 5.12. The molecule has 2 rings (SSSR count). The van der Waals surface area contributed by atoms with E-state index in [4.69, 9.17) is 28.9 Å². The van der Waals surface area contributed by atoms with Crippen molar-refractivity contribution in [3.05, 3.63) is 28.2 Å². The molecular weight excluding hydrogens is 283 g/mol. The van der Waals surface area contributed by atoms with Crippen molar-refractivity contribution in [2.75, 3.05) is 13.1 Å². The van der Waals surface area contributed by atoms with Crippen molar-refractivity contribution < 1.29 is 8.42 Å². The minimum absolute atomic E-state index is 0.0302. The molecule has 1 aromatic rings. The van der Waals surface area contributed by atoms with Crippen LogP contribution in [0.2, 0.25) is 10.0 Å². The molecule has 1 saturated heterocycles. The summed E-state index contributed by atoms with van der Waals surface area (Å²) in [6, 6.07) is 4.51. The summed E-state index contributed by atoms with van der Waals surface area (Å²) < 4.78 is 26.0. The highest BCUT2D eigenvalue weighted by Gasteiger charge is 2.33. The van der Waals surface area contributed by atoms with Crippen molar-refractivity contribution in [1.82, 2.24) is 4.31 Å². The Morgan fingerprint density at radius 3 is 2.35 bits per heavy atom. The Morgan fingerprint density at radius 1 is 1.29 bits per heavy atom. The standard InChI is InChI=1S/C10H12Cl2N2O2S/c11-8-2-1-3-9(12)10(8)17(15,16)14-5-4-7(13)6-14/h1-3,7H,4-6,13H2. The van der Waals surface area contributed by atoms with Gasteiger partial charge in [0, 0.05) is 19.1 Å². The lowest BCUT2D eigenvalue weighted by atomic mass is 10.3. The van der Waals surface area contributed by atoms with E-state index in [0.29, 0.717) is 19.5 Å². The Kier molecular flexibility index (Phi) is 3.66. The second-order valence-electron chi connectivity index (χ2n) is 3.96. The van der Waals surface area contributed by atoms with E-state index in [1.165, 1.54) is 16.4 Å². The highest BCUT2D eigenvalue weighted by Crippen LogP contribution is 2.32. The van der Waals surface area contributed by atoms with Gasteiger partial charge < -0.3 is 5.73 Å². The number of halogens is 2.